The van der Waals surface area contributed by atoms with Gasteiger partial charge in [0.15, 0.2) is 0 Å². The molecule has 1 heterocycles. The van der Waals surface area contributed by atoms with Gasteiger partial charge in [0.25, 0.3) is 10.0 Å². The van der Waals surface area contributed by atoms with Gasteiger partial charge in [-0.3, -0.25) is 5.32 Å². The fourth-order valence-corrected chi connectivity index (χ4v) is 3.01. The van der Waals surface area contributed by atoms with Gasteiger partial charge in [0, 0.05) is 7.05 Å². The number of nitrogens with one attached hydrogen (secondary N) is 3. The van der Waals surface area contributed by atoms with Crippen LogP contribution in [0.5, 0.6) is 6.01 Å². The first kappa shape index (κ1) is 19.8. The van der Waals surface area contributed by atoms with E-state index in [2.05, 4.69) is 25.6 Å². The van der Waals surface area contributed by atoms with Crippen LogP contribution in [0.15, 0.2) is 29.2 Å². The predicted octanol–water partition coefficient (Wildman–Crippen LogP) is 0.521. The summed E-state index contributed by atoms with van der Waals surface area (Å²) in [4.78, 5) is 34.2. The Morgan fingerprint density at radius 1 is 1.15 bits per heavy atom. The van der Waals surface area contributed by atoms with Gasteiger partial charge in [-0.15, -0.1) is 0 Å². The summed E-state index contributed by atoms with van der Waals surface area (Å²) in [6.45, 7) is 1.97. The third-order valence-corrected chi connectivity index (χ3v) is 4.36. The molecule has 4 N–H and O–H groups in total. The van der Waals surface area contributed by atoms with E-state index in [-0.39, 0.29) is 24.5 Å². The van der Waals surface area contributed by atoms with Gasteiger partial charge in [-0.1, -0.05) is 12.1 Å². The molecule has 144 valence electrons. The molecule has 0 bridgehead atoms. The minimum absolute atomic E-state index is 0.0776. The average molecular weight is 396 g/mol. The lowest BCUT2D eigenvalue weighted by Crippen LogP contribution is -2.35. The Labute approximate surface area is 154 Å². The summed E-state index contributed by atoms with van der Waals surface area (Å²) < 4.78 is 31.5. The minimum Gasteiger partial charge on any atom is -0.478 e. The second kappa shape index (κ2) is 8.27. The molecule has 0 aliphatic heterocycles. The first-order valence-electron chi connectivity index (χ1n) is 7.49. The largest absolute Gasteiger partial charge is 0.478 e. The molecule has 27 heavy (non-hydrogen) atoms. The zero-order valence-corrected chi connectivity index (χ0v) is 15.1. The number of carboxylic acid groups (broad SMARTS) is 1. The number of ether oxygens (including phenoxy) is 1. The maximum atomic E-state index is 12.3. The molecule has 2 amide bonds. The molecule has 1 aromatic carbocycles. The monoisotopic (exact) mass is 396 g/mol. The maximum Gasteiger partial charge on any atom is 0.337 e. The van der Waals surface area contributed by atoms with E-state index in [1.807, 2.05) is 0 Å². The number of carbonyl (C=O) groups is 2. The molecule has 0 radical (unpaired) electrons. The van der Waals surface area contributed by atoms with Gasteiger partial charge in [0.1, 0.15) is 4.90 Å². The van der Waals surface area contributed by atoms with Crippen LogP contribution in [0, 0.1) is 0 Å². The van der Waals surface area contributed by atoms with Gasteiger partial charge in [-0.25, -0.2) is 22.7 Å². The second-order valence-electron chi connectivity index (χ2n) is 4.81. The van der Waals surface area contributed by atoms with E-state index in [1.165, 1.54) is 19.2 Å². The summed E-state index contributed by atoms with van der Waals surface area (Å²) in [5, 5.41) is 13.9. The van der Waals surface area contributed by atoms with Crippen molar-refractivity contribution < 1.29 is 27.9 Å². The van der Waals surface area contributed by atoms with Gasteiger partial charge >= 0.3 is 18.0 Å². The number of amides is 2. The first-order valence-corrected chi connectivity index (χ1v) is 8.98. The fraction of sp³-hybridized carbons (Fsp3) is 0.214. The Hall–Kier alpha value is -3.48. The molecule has 2 aromatic rings. The van der Waals surface area contributed by atoms with Gasteiger partial charge in [-0.2, -0.15) is 15.0 Å². The van der Waals surface area contributed by atoms with E-state index < -0.39 is 32.5 Å². The lowest BCUT2D eigenvalue weighted by molar-refractivity contribution is 0.0692. The van der Waals surface area contributed by atoms with Crippen molar-refractivity contribution in [3.8, 4) is 6.01 Å². The standard InChI is InChI=1S/C14H16N6O6S/c1-3-26-14-18-11(15-2)16-12(19-14)17-13(23)20-27(24,25)9-7-5-4-6-8(9)10(21)22/h4-7H,3H2,1-2H3,(H,21,22)(H3,15,16,17,18,19,20,23). The van der Waals surface area contributed by atoms with Crippen LogP contribution in [0.1, 0.15) is 17.3 Å². The Kier molecular flexibility index (Phi) is 6.07. The average Bonchev–Trinajstić information content (AvgIpc) is 2.61. The molecule has 1 aromatic heterocycles. The molecule has 0 aliphatic carbocycles. The molecule has 2 rings (SSSR count). The maximum absolute atomic E-state index is 12.3. The van der Waals surface area contributed by atoms with Crippen molar-refractivity contribution in [2.24, 2.45) is 0 Å². The highest BCUT2D eigenvalue weighted by molar-refractivity contribution is 7.90. The summed E-state index contributed by atoms with van der Waals surface area (Å²) in [6, 6.07) is 3.60. The summed E-state index contributed by atoms with van der Waals surface area (Å²) in [7, 11) is -2.92. The van der Waals surface area contributed by atoms with E-state index in [0.29, 0.717) is 0 Å². The number of urea groups is 1. The number of nitrogens with zero attached hydrogens (tertiary/aromatic N) is 3. The Morgan fingerprint density at radius 3 is 2.44 bits per heavy atom. The van der Waals surface area contributed by atoms with Crippen molar-refractivity contribution in [1.82, 2.24) is 19.7 Å². The van der Waals surface area contributed by atoms with Crippen molar-refractivity contribution in [3.63, 3.8) is 0 Å². The van der Waals surface area contributed by atoms with Crippen LogP contribution in [0.4, 0.5) is 16.7 Å². The highest BCUT2D eigenvalue weighted by Gasteiger charge is 2.24. The lowest BCUT2D eigenvalue weighted by Gasteiger charge is -2.10. The zero-order valence-electron chi connectivity index (χ0n) is 14.3. The van der Waals surface area contributed by atoms with Crippen LogP contribution >= 0.6 is 0 Å². The lowest BCUT2D eigenvalue weighted by atomic mass is 10.2. The molecule has 0 saturated carbocycles. The van der Waals surface area contributed by atoms with Crippen LogP contribution in [0.3, 0.4) is 0 Å². The summed E-state index contributed by atoms with van der Waals surface area (Å²) in [6.07, 6.45) is 0. The molecule has 0 saturated heterocycles. The van der Waals surface area contributed by atoms with E-state index in [9.17, 15) is 18.0 Å². The number of carboxylic acids is 1. The van der Waals surface area contributed by atoms with Crippen molar-refractivity contribution in [1.29, 1.82) is 0 Å². The van der Waals surface area contributed by atoms with E-state index in [4.69, 9.17) is 9.84 Å². The molecular formula is C14H16N6O6S. The van der Waals surface area contributed by atoms with Gasteiger partial charge in [0.05, 0.1) is 12.2 Å². The molecule has 13 heteroatoms. The van der Waals surface area contributed by atoms with E-state index >= 15 is 0 Å². The quantitative estimate of drug-likeness (QED) is 0.517. The van der Waals surface area contributed by atoms with Crippen molar-refractivity contribution in [2.75, 3.05) is 24.3 Å². The zero-order chi connectivity index (χ0) is 20.0. The molecule has 0 spiro atoms. The number of hydrogen-bond donors (Lipinski definition) is 4. The van der Waals surface area contributed by atoms with Gasteiger partial charge < -0.3 is 15.2 Å². The molecule has 0 atom stereocenters. The normalized spacial score (nSPS) is 10.7. The van der Waals surface area contributed by atoms with Crippen molar-refractivity contribution in [3.05, 3.63) is 29.8 Å². The number of rotatable bonds is 7. The summed E-state index contributed by atoms with van der Waals surface area (Å²) >= 11 is 0. The number of carbonyl (C=O) groups excluding carboxylic acids is 1. The van der Waals surface area contributed by atoms with Crippen molar-refractivity contribution >= 4 is 33.9 Å². The molecule has 0 unspecified atom stereocenters. The highest BCUT2D eigenvalue weighted by Crippen LogP contribution is 2.16. The predicted molar refractivity (Wildman–Crippen MR) is 93.3 cm³/mol. The third kappa shape index (κ3) is 5.01. The van der Waals surface area contributed by atoms with E-state index in [0.717, 1.165) is 12.1 Å². The molecule has 0 fully saturated rings. The SMILES string of the molecule is CCOc1nc(NC)nc(NC(=O)NS(=O)(=O)c2ccccc2C(=O)O)n1. The van der Waals surface area contributed by atoms with Crippen LogP contribution in [-0.2, 0) is 10.0 Å². The number of sulfonamides is 1. The molecular weight excluding hydrogens is 380 g/mol. The first-order chi connectivity index (χ1) is 12.8. The van der Waals surface area contributed by atoms with Crippen LogP contribution in [-0.4, -0.2) is 54.1 Å². The summed E-state index contributed by atoms with van der Waals surface area (Å²) in [5.74, 6) is -1.63. The third-order valence-electron chi connectivity index (χ3n) is 2.97. The topological polar surface area (TPSA) is 172 Å². The molecule has 0 aliphatic rings. The van der Waals surface area contributed by atoms with Gasteiger partial charge in [-0.05, 0) is 19.1 Å². The fourth-order valence-electron chi connectivity index (χ4n) is 1.90. The van der Waals surface area contributed by atoms with Crippen LogP contribution < -0.4 is 20.1 Å². The second-order valence-corrected chi connectivity index (χ2v) is 6.46. The number of anilines is 2. The Balaban J connectivity index is 2.23. The molecule has 12 nitrogen and oxygen atoms in total. The summed E-state index contributed by atoms with van der Waals surface area (Å²) in [5.41, 5.74) is -0.478. The van der Waals surface area contributed by atoms with Crippen molar-refractivity contribution in [2.45, 2.75) is 11.8 Å². The number of benzene rings is 1. The van der Waals surface area contributed by atoms with E-state index in [1.54, 1.807) is 11.6 Å². The minimum atomic E-state index is -4.45. The highest BCUT2D eigenvalue weighted by atomic mass is 32.2. The van der Waals surface area contributed by atoms with Crippen LogP contribution in [0.25, 0.3) is 0 Å². The number of hydrogen-bond acceptors (Lipinski definition) is 9. The van der Waals surface area contributed by atoms with Gasteiger partial charge in [0.2, 0.25) is 11.9 Å². The smallest absolute Gasteiger partial charge is 0.337 e. The van der Waals surface area contributed by atoms with Crippen LogP contribution in [0.2, 0.25) is 0 Å². The Morgan fingerprint density at radius 2 is 1.81 bits per heavy atom. The Bertz CT molecular complexity index is 964. The number of aromatic carboxylic acids is 1. The number of aromatic nitrogens is 3.